The molecule has 9 heteroatoms. The maximum Gasteiger partial charge on any atom is 0.573 e. The lowest BCUT2D eigenvalue weighted by molar-refractivity contribution is -0.274. The molecule has 0 aliphatic rings. The lowest BCUT2D eigenvalue weighted by Crippen LogP contribution is -2.38. The zero-order valence-corrected chi connectivity index (χ0v) is 15.4. The number of likely N-dealkylation sites (N-methyl/N-ethyl adjacent to an activating group) is 2. The van der Waals surface area contributed by atoms with Crippen molar-refractivity contribution in [1.29, 1.82) is 5.26 Å². The van der Waals surface area contributed by atoms with Gasteiger partial charge in [0.1, 0.15) is 11.6 Å². The molecule has 0 radical (unpaired) electrons. The molecule has 1 heterocycles. The summed E-state index contributed by atoms with van der Waals surface area (Å²) in [6.45, 7) is 2.67. The number of carbonyl (C=O) groups is 1. The Morgan fingerprint density at radius 3 is 2.61 bits per heavy atom. The van der Waals surface area contributed by atoms with Crippen LogP contribution in [-0.4, -0.2) is 48.8 Å². The molecule has 6 nitrogen and oxygen atoms in total. The van der Waals surface area contributed by atoms with Crippen molar-refractivity contribution in [3.63, 3.8) is 0 Å². The number of hydrogen-bond donors (Lipinski definition) is 0. The molecule has 0 saturated heterocycles. The molecule has 0 fully saturated rings. The summed E-state index contributed by atoms with van der Waals surface area (Å²) in [5.74, 6) is -0.534. The van der Waals surface area contributed by atoms with Crippen molar-refractivity contribution in [3.8, 4) is 11.8 Å². The van der Waals surface area contributed by atoms with Gasteiger partial charge < -0.3 is 14.5 Å². The average Bonchev–Trinajstić information content (AvgIpc) is 2.67. The molecule has 1 aromatic heterocycles. The number of aromatic nitrogens is 1. The SMILES string of the molecule is CCN(CCN(C)c1cc(C#N)ccn1)C(=O)c1ccccc1OC(F)(F)F. The van der Waals surface area contributed by atoms with E-state index in [0.29, 0.717) is 24.5 Å². The van der Waals surface area contributed by atoms with Gasteiger partial charge in [0.25, 0.3) is 5.91 Å². The van der Waals surface area contributed by atoms with Gasteiger partial charge in [0.15, 0.2) is 0 Å². The second-order valence-electron chi connectivity index (χ2n) is 5.86. The summed E-state index contributed by atoms with van der Waals surface area (Å²) >= 11 is 0. The number of para-hydroxylation sites is 1. The minimum Gasteiger partial charge on any atom is -0.405 e. The maximum absolute atomic E-state index is 12.7. The summed E-state index contributed by atoms with van der Waals surface area (Å²) < 4.78 is 41.7. The number of nitrogens with zero attached hydrogens (tertiary/aromatic N) is 4. The van der Waals surface area contributed by atoms with E-state index in [1.54, 1.807) is 31.0 Å². The molecule has 0 unspecified atom stereocenters. The first-order valence-corrected chi connectivity index (χ1v) is 8.46. The molecule has 0 aliphatic heterocycles. The Kier molecular flexibility index (Phi) is 6.82. The van der Waals surface area contributed by atoms with E-state index in [0.717, 1.165) is 6.07 Å². The summed E-state index contributed by atoms with van der Waals surface area (Å²) in [6.07, 6.45) is -3.37. The van der Waals surface area contributed by atoms with Gasteiger partial charge >= 0.3 is 6.36 Å². The van der Waals surface area contributed by atoms with Crippen LogP contribution in [0.4, 0.5) is 19.0 Å². The van der Waals surface area contributed by atoms with Crippen LogP contribution >= 0.6 is 0 Å². The van der Waals surface area contributed by atoms with Crippen molar-refractivity contribution in [2.45, 2.75) is 13.3 Å². The molecule has 1 aromatic carbocycles. The Labute approximate surface area is 160 Å². The number of hydrogen-bond acceptors (Lipinski definition) is 5. The van der Waals surface area contributed by atoms with Crippen LogP contribution < -0.4 is 9.64 Å². The number of alkyl halides is 3. The number of nitriles is 1. The molecule has 0 N–H and O–H groups in total. The molecular weight excluding hydrogens is 373 g/mol. The van der Waals surface area contributed by atoms with Gasteiger partial charge in [0.2, 0.25) is 0 Å². The highest BCUT2D eigenvalue weighted by atomic mass is 19.4. The van der Waals surface area contributed by atoms with Crippen molar-refractivity contribution >= 4 is 11.7 Å². The Morgan fingerprint density at radius 1 is 1.25 bits per heavy atom. The molecule has 28 heavy (non-hydrogen) atoms. The topological polar surface area (TPSA) is 69.5 Å². The van der Waals surface area contributed by atoms with Crippen molar-refractivity contribution < 1.29 is 22.7 Å². The third-order valence-corrected chi connectivity index (χ3v) is 3.98. The summed E-state index contributed by atoms with van der Waals surface area (Å²) in [4.78, 5) is 20.1. The highest BCUT2D eigenvalue weighted by Crippen LogP contribution is 2.27. The van der Waals surface area contributed by atoms with Gasteiger partial charge in [-0.2, -0.15) is 5.26 Å². The van der Waals surface area contributed by atoms with E-state index in [-0.39, 0.29) is 12.1 Å². The lowest BCUT2D eigenvalue weighted by Gasteiger charge is -2.26. The van der Waals surface area contributed by atoms with E-state index in [1.165, 1.54) is 29.3 Å². The summed E-state index contributed by atoms with van der Waals surface area (Å²) in [6, 6.07) is 10.5. The van der Waals surface area contributed by atoms with E-state index >= 15 is 0 Å². The number of anilines is 1. The lowest BCUT2D eigenvalue weighted by atomic mass is 10.1. The van der Waals surface area contributed by atoms with Crippen LogP contribution in [0.1, 0.15) is 22.8 Å². The van der Waals surface area contributed by atoms with Gasteiger partial charge in [0, 0.05) is 32.9 Å². The third-order valence-electron chi connectivity index (χ3n) is 3.98. The fourth-order valence-corrected chi connectivity index (χ4v) is 2.51. The van der Waals surface area contributed by atoms with E-state index in [4.69, 9.17) is 5.26 Å². The van der Waals surface area contributed by atoms with Gasteiger partial charge in [-0.25, -0.2) is 4.98 Å². The van der Waals surface area contributed by atoms with Crippen LogP contribution in [0.15, 0.2) is 42.6 Å². The summed E-state index contributed by atoms with van der Waals surface area (Å²) in [5.41, 5.74) is 0.299. The Morgan fingerprint density at radius 2 is 1.96 bits per heavy atom. The van der Waals surface area contributed by atoms with Crippen LogP contribution in [0, 0.1) is 11.3 Å². The third kappa shape index (κ3) is 5.61. The maximum atomic E-state index is 12.7. The first-order valence-electron chi connectivity index (χ1n) is 8.46. The zero-order chi connectivity index (χ0) is 20.7. The minimum absolute atomic E-state index is 0.158. The minimum atomic E-state index is -4.88. The molecule has 0 saturated carbocycles. The molecule has 1 amide bonds. The fraction of sp³-hybridized carbons (Fsp3) is 0.316. The molecule has 2 rings (SSSR count). The summed E-state index contributed by atoms with van der Waals surface area (Å²) in [7, 11) is 1.75. The van der Waals surface area contributed by atoms with Crippen LogP contribution in [0.3, 0.4) is 0 Å². The van der Waals surface area contributed by atoms with E-state index in [1.807, 2.05) is 6.07 Å². The molecule has 0 spiro atoms. The van der Waals surface area contributed by atoms with Crippen LogP contribution in [0.5, 0.6) is 5.75 Å². The highest BCUT2D eigenvalue weighted by Gasteiger charge is 2.33. The number of carbonyl (C=O) groups excluding carboxylic acids is 1. The number of benzene rings is 1. The number of halogens is 3. The van der Waals surface area contributed by atoms with Crippen molar-refractivity contribution in [2.75, 3.05) is 31.6 Å². The van der Waals surface area contributed by atoms with E-state index in [9.17, 15) is 18.0 Å². The standard InChI is InChI=1S/C19H19F3N4O2/c1-3-26(11-10-25(2)17-12-14(13-23)8-9-24-17)18(27)15-6-4-5-7-16(15)28-19(20,21)22/h4-9,12H,3,10-11H2,1-2H3. The van der Waals surface area contributed by atoms with Crippen LogP contribution in [0.2, 0.25) is 0 Å². The Balaban J connectivity index is 2.11. The van der Waals surface area contributed by atoms with E-state index < -0.39 is 18.0 Å². The molecule has 0 bridgehead atoms. The molecule has 148 valence electrons. The molecule has 0 aliphatic carbocycles. The first kappa shape index (κ1) is 21.0. The predicted molar refractivity (Wildman–Crippen MR) is 96.9 cm³/mol. The average molecular weight is 392 g/mol. The van der Waals surface area contributed by atoms with Gasteiger partial charge in [-0.1, -0.05) is 12.1 Å². The monoisotopic (exact) mass is 392 g/mol. The number of amides is 1. The fourth-order valence-electron chi connectivity index (χ4n) is 2.51. The quantitative estimate of drug-likeness (QED) is 0.722. The van der Waals surface area contributed by atoms with Crippen LogP contribution in [-0.2, 0) is 0 Å². The zero-order valence-electron chi connectivity index (χ0n) is 15.4. The van der Waals surface area contributed by atoms with Gasteiger partial charge in [-0.05, 0) is 31.2 Å². The summed E-state index contributed by atoms with van der Waals surface area (Å²) in [5, 5.41) is 8.96. The Bertz CT molecular complexity index is 865. The van der Waals surface area contributed by atoms with Crippen molar-refractivity contribution in [3.05, 3.63) is 53.7 Å². The molecular formula is C19H19F3N4O2. The van der Waals surface area contributed by atoms with Gasteiger partial charge in [0.05, 0.1) is 17.2 Å². The normalized spacial score (nSPS) is 10.9. The Hall–Kier alpha value is -3.28. The highest BCUT2D eigenvalue weighted by molar-refractivity contribution is 5.97. The first-order chi connectivity index (χ1) is 13.2. The second-order valence-corrected chi connectivity index (χ2v) is 5.86. The largest absolute Gasteiger partial charge is 0.573 e. The van der Waals surface area contributed by atoms with E-state index in [2.05, 4.69) is 9.72 Å². The van der Waals surface area contributed by atoms with Gasteiger partial charge in [-0.3, -0.25) is 4.79 Å². The second kappa shape index (κ2) is 9.08. The number of rotatable bonds is 7. The smallest absolute Gasteiger partial charge is 0.405 e. The van der Waals surface area contributed by atoms with Crippen molar-refractivity contribution in [2.24, 2.45) is 0 Å². The van der Waals surface area contributed by atoms with Crippen molar-refractivity contribution in [1.82, 2.24) is 9.88 Å². The predicted octanol–water partition coefficient (Wildman–Crippen LogP) is 3.45. The molecule has 0 atom stereocenters. The number of ether oxygens (including phenoxy) is 1. The van der Waals surface area contributed by atoms with Gasteiger partial charge in [-0.15, -0.1) is 13.2 Å². The van der Waals surface area contributed by atoms with Crippen LogP contribution in [0.25, 0.3) is 0 Å². The number of pyridine rings is 1. The molecule has 2 aromatic rings.